The predicted molar refractivity (Wildman–Crippen MR) is 110 cm³/mol. The minimum Gasteiger partial charge on any atom is -0.492 e. The van der Waals surface area contributed by atoms with E-state index < -0.39 is 5.79 Å². The Morgan fingerprint density at radius 1 is 1.10 bits per heavy atom. The Morgan fingerprint density at radius 3 is 2.34 bits per heavy atom. The van der Waals surface area contributed by atoms with E-state index in [0.717, 1.165) is 55.2 Å². The van der Waals surface area contributed by atoms with Gasteiger partial charge in [0.2, 0.25) is 5.75 Å². The van der Waals surface area contributed by atoms with Crippen molar-refractivity contribution in [2.75, 3.05) is 27.7 Å². The van der Waals surface area contributed by atoms with Crippen molar-refractivity contribution in [3.8, 4) is 17.2 Å². The number of hydrogen-bond donors (Lipinski definition) is 1. The Kier molecular flexibility index (Phi) is 4.12. The van der Waals surface area contributed by atoms with E-state index in [2.05, 4.69) is 31.2 Å². The average Bonchev–Trinajstić information content (AvgIpc) is 3.39. The molecule has 158 valence electrons. The quantitative estimate of drug-likeness (QED) is 0.843. The summed E-state index contributed by atoms with van der Waals surface area (Å²) in [5.41, 5.74) is 2.64. The SMILES string of the molecule is COc1c2c(c(C)c3c1C1(CC1)CNC3=O)OC(C)(C1CCC(N(C)C)CC1)O2. The number of fused-ring (bicyclic) bond motifs is 3. The molecule has 0 radical (unpaired) electrons. The summed E-state index contributed by atoms with van der Waals surface area (Å²) >= 11 is 0. The molecule has 1 aromatic rings. The molecule has 2 saturated carbocycles. The molecule has 4 aliphatic rings. The van der Waals surface area contributed by atoms with Crippen LogP contribution in [0.2, 0.25) is 0 Å². The Bertz CT molecular complexity index is 868. The van der Waals surface area contributed by atoms with E-state index in [1.165, 1.54) is 0 Å². The number of ether oxygens (including phenoxy) is 3. The topological polar surface area (TPSA) is 60.0 Å². The molecule has 2 heterocycles. The molecule has 1 atom stereocenters. The molecular weight excluding hydrogens is 368 g/mol. The minimum absolute atomic E-state index is 0.000495. The number of carbonyl (C=O) groups excluding carboxylic acids is 1. The monoisotopic (exact) mass is 400 g/mol. The lowest BCUT2D eigenvalue weighted by atomic mass is 9.81. The van der Waals surface area contributed by atoms with E-state index in [1.54, 1.807) is 7.11 Å². The normalized spacial score (nSPS) is 31.6. The zero-order valence-corrected chi connectivity index (χ0v) is 18.2. The van der Waals surface area contributed by atoms with Gasteiger partial charge >= 0.3 is 0 Å². The van der Waals surface area contributed by atoms with Crippen LogP contribution in [0.15, 0.2) is 0 Å². The van der Waals surface area contributed by atoms with Crippen LogP contribution in [-0.4, -0.2) is 50.4 Å². The van der Waals surface area contributed by atoms with Crippen molar-refractivity contribution in [2.24, 2.45) is 5.92 Å². The summed E-state index contributed by atoms with van der Waals surface area (Å²) in [5, 5.41) is 3.08. The van der Waals surface area contributed by atoms with E-state index in [9.17, 15) is 4.79 Å². The first kappa shape index (κ1) is 19.0. The highest BCUT2D eigenvalue weighted by Gasteiger charge is 2.55. The summed E-state index contributed by atoms with van der Waals surface area (Å²) in [6.07, 6.45) is 6.57. The van der Waals surface area contributed by atoms with Gasteiger partial charge < -0.3 is 24.4 Å². The van der Waals surface area contributed by atoms with Crippen molar-refractivity contribution in [1.82, 2.24) is 10.2 Å². The maximum absolute atomic E-state index is 12.8. The molecule has 2 aliphatic carbocycles. The maximum atomic E-state index is 12.8. The molecule has 0 aromatic heterocycles. The second-order valence-electron chi connectivity index (χ2n) is 9.72. The van der Waals surface area contributed by atoms with Crippen LogP contribution in [-0.2, 0) is 5.41 Å². The number of benzene rings is 1. The van der Waals surface area contributed by atoms with Crippen molar-refractivity contribution >= 4 is 5.91 Å². The van der Waals surface area contributed by atoms with Gasteiger partial charge in [-0.15, -0.1) is 0 Å². The van der Waals surface area contributed by atoms with Crippen LogP contribution in [0.25, 0.3) is 0 Å². The highest BCUT2D eigenvalue weighted by molar-refractivity contribution is 6.01. The number of nitrogens with zero attached hydrogens (tertiary/aromatic N) is 1. The minimum atomic E-state index is -0.713. The van der Waals surface area contributed by atoms with Crippen LogP contribution in [0.5, 0.6) is 17.2 Å². The molecule has 1 N–H and O–H groups in total. The van der Waals surface area contributed by atoms with Gasteiger partial charge in [-0.2, -0.15) is 0 Å². The second-order valence-corrected chi connectivity index (χ2v) is 9.72. The summed E-state index contributed by atoms with van der Waals surface area (Å²) in [6.45, 7) is 4.72. The zero-order valence-electron chi connectivity index (χ0n) is 18.2. The Hall–Kier alpha value is -1.95. The van der Waals surface area contributed by atoms with Gasteiger partial charge in [-0.3, -0.25) is 4.79 Å². The highest BCUT2D eigenvalue weighted by atomic mass is 16.7. The Morgan fingerprint density at radius 2 is 1.76 bits per heavy atom. The van der Waals surface area contributed by atoms with Crippen molar-refractivity contribution in [3.05, 3.63) is 16.7 Å². The second kappa shape index (κ2) is 6.27. The molecule has 6 nitrogen and oxygen atoms in total. The lowest BCUT2D eigenvalue weighted by Gasteiger charge is -2.39. The Balaban J connectivity index is 1.53. The lowest BCUT2D eigenvalue weighted by Crippen LogP contribution is -2.46. The molecule has 1 spiro atoms. The maximum Gasteiger partial charge on any atom is 0.252 e. The number of amides is 1. The van der Waals surface area contributed by atoms with Crippen LogP contribution in [0, 0.1) is 12.8 Å². The van der Waals surface area contributed by atoms with E-state index in [4.69, 9.17) is 14.2 Å². The first-order valence-corrected chi connectivity index (χ1v) is 10.9. The van der Waals surface area contributed by atoms with Crippen LogP contribution >= 0.6 is 0 Å². The first-order valence-electron chi connectivity index (χ1n) is 10.9. The van der Waals surface area contributed by atoms with Crippen LogP contribution in [0.4, 0.5) is 0 Å². The molecular formula is C23H32N2O4. The van der Waals surface area contributed by atoms with Gasteiger partial charge in [-0.1, -0.05) is 0 Å². The number of methoxy groups -OCH3 is 1. The lowest BCUT2D eigenvalue weighted by molar-refractivity contribution is -0.123. The molecule has 1 unspecified atom stereocenters. The summed E-state index contributed by atoms with van der Waals surface area (Å²) < 4.78 is 18.9. The van der Waals surface area contributed by atoms with Crippen LogP contribution in [0.3, 0.4) is 0 Å². The molecule has 6 heteroatoms. The van der Waals surface area contributed by atoms with Gasteiger partial charge in [0, 0.05) is 42.0 Å². The largest absolute Gasteiger partial charge is 0.492 e. The third-order valence-corrected chi connectivity index (χ3v) is 7.79. The third kappa shape index (κ3) is 2.68. The number of rotatable bonds is 3. The molecule has 29 heavy (non-hydrogen) atoms. The molecule has 2 fully saturated rings. The fourth-order valence-corrected chi connectivity index (χ4v) is 5.72. The Labute approximate surface area is 172 Å². The smallest absolute Gasteiger partial charge is 0.252 e. The van der Waals surface area contributed by atoms with Gasteiger partial charge in [-0.05, 0) is 59.5 Å². The molecule has 2 aliphatic heterocycles. The molecule has 5 rings (SSSR count). The first-order chi connectivity index (χ1) is 13.8. The van der Waals surface area contributed by atoms with E-state index in [0.29, 0.717) is 35.8 Å². The van der Waals surface area contributed by atoms with Gasteiger partial charge in [0.15, 0.2) is 11.5 Å². The third-order valence-electron chi connectivity index (χ3n) is 7.79. The average molecular weight is 401 g/mol. The van der Waals surface area contributed by atoms with Crippen molar-refractivity contribution in [3.63, 3.8) is 0 Å². The van der Waals surface area contributed by atoms with E-state index >= 15 is 0 Å². The summed E-state index contributed by atoms with van der Waals surface area (Å²) in [6, 6.07) is 0.626. The van der Waals surface area contributed by atoms with Crippen molar-refractivity contribution in [2.45, 2.75) is 69.6 Å². The highest BCUT2D eigenvalue weighted by Crippen LogP contribution is 2.61. The molecule has 0 saturated heterocycles. The van der Waals surface area contributed by atoms with Crippen LogP contribution < -0.4 is 19.5 Å². The number of carbonyl (C=O) groups is 1. The zero-order chi connectivity index (χ0) is 20.6. The standard InChI is InChI=1S/C23H32N2O4/c1-13-16-17(23(10-11-23)12-24-21(16)26)19(27-5)20-18(13)28-22(2,29-20)14-6-8-15(9-7-14)25(3)4/h14-15H,6-12H2,1-5H3,(H,24,26). The van der Waals surface area contributed by atoms with Gasteiger partial charge in [-0.25, -0.2) is 0 Å². The summed E-state index contributed by atoms with van der Waals surface area (Å²) in [5.74, 6) is 1.66. The molecule has 1 amide bonds. The molecule has 0 bridgehead atoms. The van der Waals surface area contributed by atoms with Crippen molar-refractivity contribution in [1.29, 1.82) is 0 Å². The number of nitrogens with one attached hydrogen (secondary N) is 1. The number of hydrogen-bond acceptors (Lipinski definition) is 5. The predicted octanol–water partition coefficient (Wildman–Crippen LogP) is 3.39. The summed E-state index contributed by atoms with van der Waals surface area (Å²) in [4.78, 5) is 15.1. The van der Waals surface area contributed by atoms with E-state index in [1.807, 2.05) is 6.92 Å². The fourth-order valence-electron chi connectivity index (χ4n) is 5.72. The summed E-state index contributed by atoms with van der Waals surface area (Å²) in [7, 11) is 5.99. The fraction of sp³-hybridized carbons (Fsp3) is 0.696. The van der Waals surface area contributed by atoms with Crippen molar-refractivity contribution < 1.29 is 19.0 Å². The van der Waals surface area contributed by atoms with Gasteiger partial charge in [0.25, 0.3) is 11.7 Å². The van der Waals surface area contributed by atoms with Gasteiger partial charge in [0.05, 0.1) is 12.7 Å². The molecule has 1 aromatic carbocycles. The van der Waals surface area contributed by atoms with Crippen LogP contribution in [0.1, 0.15) is 66.9 Å². The van der Waals surface area contributed by atoms with E-state index in [-0.39, 0.29) is 11.3 Å². The van der Waals surface area contributed by atoms with Gasteiger partial charge in [0.1, 0.15) is 0 Å².